The van der Waals surface area contributed by atoms with Crippen LogP contribution in [0.5, 0.6) is 0 Å². The van der Waals surface area contributed by atoms with Crippen LogP contribution in [0.2, 0.25) is 0 Å². The Morgan fingerprint density at radius 2 is 1.83 bits per heavy atom. The summed E-state index contributed by atoms with van der Waals surface area (Å²) in [7, 11) is -1.84. The Balaban J connectivity index is 4.21. The van der Waals surface area contributed by atoms with E-state index in [1.807, 2.05) is 13.8 Å². The van der Waals surface area contributed by atoms with Crippen molar-refractivity contribution < 1.29 is 8.42 Å². The highest BCUT2D eigenvalue weighted by Crippen LogP contribution is 2.14. The normalized spacial score (nSPS) is 17.8. The number of rotatable bonds is 4. The average Bonchev–Trinajstić information content (AvgIpc) is 1.82. The van der Waals surface area contributed by atoms with E-state index in [4.69, 9.17) is 0 Å². The second-order valence-corrected chi connectivity index (χ2v) is 6.67. The van der Waals surface area contributed by atoms with Crippen LogP contribution in [-0.2, 0) is 9.06 Å². The maximum Gasteiger partial charge on any atom is 0.264 e. The number of nitrogens with zero attached hydrogens (tertiary/aromatic N) is 1. The van der Waals surface area contributed by atoms with E-state index in [2.05, 4.69) is 24.3 Å². The van der Waals surface area contributed by atoms with Crippen LogP contribution in [0.3, 0.4) is 0 Å². The lowest BCUT2D eigenvalue weighted by atomic mass is 10.2. The minimum Gasteiger partial charge on any atom is -0.201 e. The molecule has 0 saturated heterocycles. The fourth-order valence-corrected chi connectivity index (χ4v) is 2.20. The Morgan fingerprint density at radius 3 is 2.08 bits per heavy atom. The molecule has 0 radical (unpaired) electrons. The number of hydrogen-bond donors (Lipinski definition) is 2. The maximum atomic E-state index is 10.9. The van der Waals surface area contributed by atoms with Gasteiger partial charge in [0.25, 0.3) is 9.06 Å². The van der Waals surface area contributed by atoms with Crippen molar-refractivity contribution in [3.63, 3.8) is 0 Å². The molecule has 0 aromatic heterocycles. The van der Waals surface area contributed by atoms with E-state index in [9.17, 15) is 8.42 Å². The van der Waals surface area contributed by atoms with Gasteiger partial charge in [0.2, 0.25) is 0 Å². The fraction of sp³-hybridized carbons (Fsp3) is 1.00. The van der Waals surface area contributed by atoms with Crippen LogP contribution in [0.25, 0.3) is 0 Å². The monoisotopic (exact) mass is 229 g/mol. The summed E-state index contributed by atoms with van der Waals surface area (Å²) in [6.45, 7) is 3.76. The van der Waals surface area contributed by atoms with Crippen LogP contribution in [-0.4, -0.2) is 31.1 Å². The van der Waals surface area contributed by atoms with Gasteiger partial charge in [0.1, 0.15) is 0 Å². The third-order valence-electron chi connectivity index (χ3n) is 1.67. The molecule has 0 saturated carbocycles. The van der Waals surface area contributed by atoms with Crippen molar-refractivity contribution in [2.24, 2.45) is 0 Å². The van der Waals surface area contributed by atoms with Gasteiger partial charge >= 0.3 is 0 Å². The molecular weight excluding hydrogens is 214 g/mol. The quantitative estimate of drug-likeness (QED) is 0.561. The third-order valence-corrected chi connectivity index (χ3v) is 3.74. The maximum absolute atomic E-state index is 10.9. The van der Waals surface area contributed by atoms with Crippen molar-refractivity contribution in [3.05, 3.63) is 0 Å². The molecule has 1 unspecified atom stereocenters. The Kier molecular flexibility index (Phi) is 4.98. The predicted molar refractivity (Wildman–Crippen MR) is 58.2 cm³/mol. The van der Waals surface area contributed by atoms with E-state index < -0.39 is 9.06 Å². The topological polar surface area (TPSA) is 37.4 Å². The molecule has 6 heteroatoms. The highest BCUT2D eigenvalue weighted by atomic mass is 33.1. The Morgan fingerprint density at radius 1 is 1.42 bits per heavy atom. The summed E-state index contributed by atoms with van der Waals surface area (Å²) in [5, 5.41) is 0.192. The van der Waals surface area contributed by atoms with Crippen LogP contribution in [0.4, 0.5) is 0 Å². The molecule has 0 aromatic rings. The van der Waals surface area contributed by atoms with Crippen LogP contribution < -0.4 is 0 Å². The van der Waals surface area contributed by atoms with Gasteiger partial charge in [-0.1, -0.05) is 6.92 Å². The standard InChI is InChI=1S/C6H15NO2S3/c1-5(4-6(2)10)7(3)12(8,9)11/h5-6,10H,4H2,1-3H3,(H,8,9,11)/t5-,6?/m0/s1. The van der Waals surface area contributed by atoms with Gasteiger partial charge in [0.15, 0.2) is 0 Å². The van der Waals surface area contributed by atoms with E-state index in [0.717, 1.165) is 6.42 Å². The Hall–Kier alpha value is 0.610. The first kappa shape index (κ1) is 12.6. The summed E-state index contributed by atoms with van der Waals surface area (Å²) in [6, 6.07) is -0.0556. The molecule has 74 valence electrons. The second kappa shape index (κ2) is 4.74. The zero-order valence-corrected chi connectivity index (χ0v) is 10.0. The van der Waals surface area contributed by atoms with Crippen molar-refractivity contribution >= 4 is 33.3 Å². The molecule has 0 fully saturated rings. The highest BCUT2D eigenvalue weighted by molar-refractivity contribution is 8.62. The van der Waals surface area contributed by atoms with Gasteiger partial charge in [-0.25, -0.2) is 8.42 Å². The molecule has 3 nitrogen and oxygen atoms in total. The van der Waals surface area contributed by atoms with E-state index in [1.54, 1.807) is 0 Å². The fourth-order valence-electron chi connectivity index (χ4n) is 0.870. The molecule has 12 heavy (non-hydrogen) atoms. The Bertz CT molecular complexity index is 225. The molecule has 0 amide bonds. The van der Waals surface area contributed by atoms with Gasteiger partial charge in [-0.05, 0) is 25.0 Å². The third kappa shape index (κ3) is 4.59. The van der Waals surface area contributed by atoms with E-state index in [-0.39, 0.29) is 11.3 Å². The van der Waals surface area contributed by atoms with Crippen LogP contribution in [0, 0.1) is 0 Å². The molecule has 0 N–H and O–H groups in total. The molecule has 0 heterocycles. The molecule has 2 atom stereocenters. The summed E-state index contributed by atoms with van der Waals surface area (Å²) < 4.78 is 23.1. The molecule has 0 aliphatic rings. The van der Waals surface area contributed by atoms with E-state index in [0.29, 0.717) is 0 Å². The summed E-state index contributed by atoms with van der Waals surface area (Å²) >= 11 is 7.67. The predicted octanol–water partition coefficient (Wildman–Crippen LogP) is 1.19. The van der Waals surface area contributed by atoms with Crippen molar-refractivity contribution in [1.82, 2.24) is 4.31 Å². The summed E-state index contributed by atoms with van der Waals surface area (Å²) in [6.07, 6.45) is 0.722. The molecule has 0 spiro atoms. The lowest BCUT2D eigenvalue weighted by molar-refractivity contribution is 0.380. The van der Waals surface area contributed by atoms with Crippen LogP contribution in [0.15, 0.2) is 0 Å². The summed E-state index contributed by atoms with van der Waals surface area (Å²) in [4.78, 5) is 0. The highest BCUT2D eigenvalue weighted by Gasteiger charge is 2.19. The zero-order chi connectivity index (χ0) is 9.94. The lowest BCUT2D eigenvalue weighted by Crippen LogP contribution is -2.33. The smallest absolute Gasteiger partial charge is 0.201 e. The SMILES string of the molecule is CC(S)C[C@H](C)N(C)S(=O)(=O)S. The van der Waals surface area contributed by atoms with E-state index >= 15 is 0 Å². The largest absolute Gasteiger partial charge is 0.264 e. The first-order valence-corrected chi connectivity index (χ1v) is 6.64. The second-order valence-electron chi connectivity index (χ2n) is 2.93. The van der Waals surface area contributed by atoms with Gasteiger partial charge in [0.05, 0.1) is 0 Å². The number of thiol groups is 2. The van der Waals surface area contributed by atoms with Crippen molar-refractivity contribution in [3.8, 4) is 0 Å². The average molecular weight is 229 g/mol. The van der Waals surface area contributed by atoms with Gasteiger partial charge in [0, 0.05) is 18.3 Å². The lowest BCUT2D eigenvalue weighted by Gasteiger charge is -2.22. The molecule has 0 aliphatic carbocycles. The first-order chi connectivity index (χ1) is 5.25. The molecule has 0 bridgehead atoms. The van der Waals surface area contributed by atoms with Gasteiger partial charge in [-0.3, -0.25) is 0 Å². The molecule has 0 rings (SSSR count). The van der Waals surface area contributed by atoms with Crippen LogP contribution in [0.1, 0.15) is 20.3 Å². The number of hydrogen-bond acceptors (Lipinski definition) is 3. The van der Waals surface area contributed by atoms with Crippen molar-refractivity contribution in [2.45, 2.75) is 31.6 Å². The summed E-state index contributed by atoms with van der Waals surface area (Å²) in [5.74, 6) is 0. The minimum absolute atomic E-state index is 0.0556. The van der Waals surface area contributed by atoms with E-state index in [1.165, 1.54) is 11.4 Å². The first-order valence-electron chi connectivity index (χ1n) is 3.63. The van der Waals surface area contributed by atoms with Crippen molar-refractivity contribution in [1.29, 1.82) is 0 Å². The molecule has 0 aliphatic heterocycles. The molecular formula is C6H15NO2S3. The van der Waals surface area contributed by atoms with Gasteiger partial charge in [-0.2, -0.15) is 16.9 Å². The van der Waals surface area contributed by atoms with Gasteiger partial charge < -0.3 is 0 Å². The van der Waals surface area contributed by atoms with Crippen molar-refractivity contribution in [2.75, 3.05) is 7.05 Å². The van der Waals surface area contributed by atoms with Crippen LogP contribution >= 0.6 is 24.3 Å². The Labute approximate surface area is 84.8 Å². The summed E-state index contributed by atoms with van der Waals surface area (Å²) in [5.41, 5.74) is 0. The molecule has 0 aromatic carbocycles. The zero-order valence-electron chi connectivity index (χ0n) is 7.43. The minimum atomic E-state index is -3.35. The van der Waals surface area contributed by atoms with Gasteiger partial charge in [-0.15, -0.1) is 0 Å².